The average Bonchev–Trinajstić information content (AvgIpc) is 3.03. The Morgan fingerprint density at radius 3 is 2.88 bits per heavy atom. The Hall–Kier alpha value is -1.49. The van der Waals surface area contributed by atoms with Crippen molar-refractivity contribution in [1.29, 1.82) is 0 Å². The summed E-state index contributed by atoms with van der Waals surface area (Å²) >= 11 is 0. The van der Waals surface area contributed by atoms with Crippen molar-refractivity contribution in [2.45, 2.75) is 13.0 Å². The van der Waals surface area contributed by atoms with E-state index in [4.69, 9.17) is 5.11 Å². The number of rotatable bonds is 5. The minimum absolute atomic E-state index is 0.115. The molecule has 3 nitrogen and oxygen atoms in total. The van der Waals surface area contributed by atoms with E-state index < -0.39 is 17.6 Å². The molecule has 2 atom stereocenters. The Kier molecular flexibility index (Phi) is 3.38. The molecule has 1 aromatic carbocycles. The third-order valence-corrected chi connectivity index (χ3v) is 2.97. The van der Waals surface area contributed by atoms with Crippen LogP contribution in [0.2, 0.25) is 0 Å². The van der Waals surface area contributed by atoms with Crippen LogP contribution < -0.4 is 5.32 Å². The number of nitrogens with one attached hydrogen (secondary N) is 1. The second-order valence-corrected chi connectivity index (χ2v) is 4.31. The normalized spacial score (nSPS) is 22.5. The molecule has 5 heteroatoms. The van der Waals surface area contributed by atoms with Gasteiger partial charge in [-0.15, -0.1) is 0 Å². The molecule has 0 spiro atoms. The van der Waals surface area contributed by atoms with Crippen LogP contribution >= 0.6 is 0 Å². The highest BCUT2D eigenvalue weighted by molar-refractivity contribution is 5.73. The van der Waals surface area contributed by atoms with Crippen molar-refractivity contribution >= 4 is 5.97 Å². The molecule has 1 saturated carbocycles. The summed E-state index contributed by atoms with van der Waals surface area (Å²) in [5, 5.41) is 11.6. The smallest absolute Gasteiger partial charge is 0.306 e. The van der Waals surface area contributed by atoms with E-state index in [0.29, 0.717) is 13.0 Å². The molecule has 0 aliphatic heterocycles. The molecule has 2 N–H and O–H groups in total. The SMILES string of the molecule is O=C(O)C1CC1CNCc1cc(F)ccc1F. The Bertz CT molecular complexity index is 437. The Morgan fingerprint density at radius 1 is 1.47 bits per heavy atom. The molecule has 0 saturated heterocycles. The van der Waals surface area contributed by atoms with Crippen molar-refractivity contribution in [2.24, 2.45) is 11.8 Å². The van der Waals surface area contributed by atoms with E-state index in [0.717, 1.165) is 18.2 Å². The summed E-state index contributed by atoms with van der Waals surface area (Å²) in [6.07, 6.45) is 0.661. The van der Waals surface area contributed by atoms with Crippen LogP contribution in [-0.4, -0.2) is 17.6 Å². The molecule has 1 aliphatic rings. The van der Waals surface area contributed by atoms with Crippen LogP contribution in [-0.2, 0) is 11.3 Å². The molecular weight excluding hydrogens is 228 g/mol. The first-order valence-electron chi connectivity index (χ1n) is 5.45. The van der Waals surface area contributed by atoms with Gasteiger partial charge in [-0.2, -0.15) is 0 Å². The van der Waals surface area contributed by atoms with Crippen LogP contribution in [0.5, 0.6) is 0 Å². The molecule has 92 valence electrons. The maximum atomic E-state index is 13.2. The third kappa shape index (κ3) is 3.00. The maximum absolute atomic E-state index is 13.2. The van der Waals surface area contributed by atoms with Crippen molar-refractivity contribution < 1.29 is 18.7 Å². The number of halogens is 2. The summed E-state index contributed by atoms with van der Waals surface area (Å²) in [6.45, 7) is 0.735. The average molecular weight is 241 g/mol. The molecule has 0 heterocycles. The van der Waals surface area contributed by atoms with Gasteiger partial charge in [0.15, 0.2) is 0 Å². The zero-order chi connectivity index (χ0) is 12.4. The fourth-order valence-electron chi connectivity index (χ4n) is 1.85. The Balaban J connectivity index is 1.79. The summed E-state index contributed by atoms with van der Waals surface area (Å²) in [6, 6.07) is 3.30. The van der Waals surface area contributed by atoms with Crippen LogP contribution in [0, 0.1) is 23.5 Å². The van der Waals surface area contributed by atoms with Gasteiger partial charge in [0.25, 0.3) is 0 Å². The van der Waals surface area contributed by atoms with Gasteiger partial charge in [0.05, 0.1) is 5.92 Å². The van der Waals surface area contributed by atoms with Crippen molar-refractivity contribution in [1.82, 2.24) is 5.32 Å². The van der Waals surface area contributed by atoms with Gasteiger partial charge in [-0.05, 0) is 37.1 Å². The quantitative estimate of drug-likeness (QED) is 0.826. The summed E-state index contributed by atoms with van der Waals surface area (Å²) < 4.78 is 26.1. The summed E-state index contributed by atoms with van der Waals surface area (Å²) in [7, 11) is 0. The fraction of sp³-hybridized carbons (Fsp3) is 0.417. The van der Waals surface area contributed by atoms with Gasteiger partial charge >= 0.3 is 5.97 Å². The number of hydrogen-bond donors (Lipinski definition) is 2. The zero-order valence-corrected chi connectivity index (χ0v) is 9.12. The van der Waals surface area contributed by atoms with E-state index >= 15 is 0 Å². The lowest BCUT2D eigenvalue weighted by Gasteiger charge is -2.05. The maximum Gasteiger partial charge on any atom is 0.306 e. The third-order valence-electron chi connectivity index (χ3n) is 2.97. The number of hydrogen-bond acceptors (Lipinski definition) is 2. The van der Waals surface area contributed by atoms with E-state index in [1.165, 1.54) is 0 Å². The fourth-order valence-corrected chi connectivity index (χ4v) is 1.85. The van der Waals surface area contributed by atoms with Gasteiger partial charge in [-0.3, -0.25) is 4.79 Å². The van der Waals surface area contributed by atoms with Gasteiger partial charge in [-0.1, -0.05) is 0 Å². The van der Waals surface area contributed by atoms with Crippen LogP contribution in [0.1, 0.15) is 12.0 Å². The molecule has 2 rings (SSSR count). The lowest BCUT2D eigenvalue weighted by atomic mass is 10.2. The largest absolute Gasteiger partial charge is 0.481 e. The predicted molar refractivity (Wildman–Crippen MR) is 57.3 cm³/mol. The Morgan fingerprint density at radius 2 is 2.24 bits per heavy atom. The zero-order valence-electron chi connectivity index (χ0n) is 9.12. The highest BCUT2D eigenvalue weighted by atomic mass is 19.1. The van der Waals surface area contributed by atoms with Crippen molar-refractivity contribution in [2.75, 3.05) is 6.54 Å². The summed E-state index contributed by atoms with van der Waals surface area (Å²) in [5.74, 6) is -1.87. The van der Waals surface area contributed by atoms with E-state index in [9.17, 15) is 13.6 Å². The highest BCUT2D eigenvalue weighted by Gasteiger charge is 2.42. The summed E-state index contributed by atoms with van der Waals surface area (Å²) in [5.41, 5.74) is 0.262. The van der Waals surface area contributed by atoms with E-state index in [2.05, 4.69) is 5.32 Å². The van der Waals surface area contributed by atoms with E-state index in [1.807, 2.05) is 0 Å². The molecule has 0 bridgehead atoms. The van der Waals surface area contributed by atoms with Crippen LogP contribution in [0.4, 0.5) is 8.78 Å². The van der Waals surface area contributed by atoms with Gasteiger partial charge in [0.1, 0.15) is 11.6 Å². The highest BCUT2D eigenvalue weighted by Crippen LogP contribution is 2.37. The second-order valence-electron chi connectivity index (χ2n) is 4.31. The van der Waals surface area contributed by atoms with Gasteiger partial charge < -0.3 is 10.4 Å². The predicted octanol–water partition coefficient (Wildman–Crippen LogP) is 1.78. The van der Waals surface area contributed by atoms with Crippen molar-refractivity contribution in [3.63, 3.8) is 0 Å². The molecule has 0 radical (unpaired) electrons. The van der Waals surface area contributed by atoms with E-state index in [1.54, 1.807) is 0 Å². The number of carbonyl (C=O) groups is 1. The molecular formula is C12H13F2NO2. The number of benzene rings is 1. The molecule has 0 aromatic heterocycles. The molecule has 2 unspecified atom stereocenters. The molecule has 1 aliphatic carbocycles. The second kappa shape index (κ2) is 4.79. The molecule has 0 amide bonds. The number of carboxylic acids is 1. The van der Waals surface area contributed by atoms with Gasteiger partial charge in [0.2, 0.25) is 0 Å². The van der Waals surface area contributed by atoms with Crippen LogP contribution in [0.25, 0.3) is 0 Å². The van der Waals surface area contributed by atoms with Crippen molar-refractivity contribution in [3.8, 4) is 0 Å². The first-order valence-corrected chi connectivity index (χ1v) is 5.45. The van der Waals surface area contributed by atoms with Crippen molar-refractivity contribution in [3.05, 3.63) is 35.4 Å². The molecule has 17 heavy (non-hydrogen) atoms. The van der Waals surface area contributed by atoms with E-state index in [-0.39, 0.29) is 23.9 Å². The molecule has 1 aromatic rings. The minimum Gasteiger partial charge on any atom is -0.481 e. The lowest BCUT2D eigenvalue weighted by molar-refractivity contribution is -0.138. The first-order chi connectivity index (χ1) is 8.08. The monoisotopic (exact) mass is 241 g/mol. The standard InChI is InChI=1S/C12H13F2NO2/c13-9-1-2-11(14)8(3-9)6-15-5-7-4-10(7)12(16)17/h1-3,7,10,15H,4-6H2,(H,16,17). The van der Waals surface area contributed by atoms with Gasteiger partial charge in [-0.25, -0.2) is 8.78 Å². The topological polar surface area (TPSA) is 49.3 Å². The molecule has 1 fully saturated rings. The minimum atomic E-state index is -0.784. The lowest BCUT2D eigenvalue weighted by Crippen LogP contribution is -2.19. The Labute approximate surface area is 97.5 Å². The number of aliphatic carboxylic acids is 1. The van der Waals surface area contributed by atoms with Gasteiger partial charge in [0, 0.05) is 12.1 Å². The van der Waals surface area contributed by atoms with Crippen LogP contribution in [0.15, 0.2) is 18.2 Å². The number of carboxylic acid groups (broad SMARTS) is 1. The summed E-state index contributed by atoms with van der Waals surface area (Å²) in [4.78, 5) is 10.6. The first kappa shape index (κ1) is 12.0. The van der Waals surface area contributed by atoms with Crippen LogP contribution in [0.3, 0.4) is 0 Å².